The molecule has 100 valence electrons. The normalized spacial score (nSPS) is 12.4. The Bertz CT molecular complexity index is 561. The van der Waals surface area contributed by atoms with Crippen LogP contribution in [0.5, 0.6) is 0 Å². The first kappa shape index (κ1) is 13.8. The van der Waals surface area contributed by atoms with Crippen molar-refractivity contribution in [3.8, 4) is 0 Å². The number of rotatable bonds is 4. The summed E-state index contributed by atoms with van der Waals surface area (Å²) >= 11 is 0. The summed E-state index contributed by atoms with van der Waals surface area (Å²) in [5.74, 6) is 0. The monoisotopic (exact) mass is 254 g/mol. The van der Waals surface area contributed by atoms with Gasteiger partial charge in [-0.1, -0.05) is 31.2 Å². The zero-order chi connectivity index (χ0) is 13.8. The molecule has 2 aromatic rings. The van der Waals surface area contributed by atoms with Gasteiger partial charge in [-0.25, -0.2) is 0 Å². The summed E-state index contributed by atoms with van der Waals surface area (Å²) in [6.07, 6.45) is 1.85. The van der Waals surface area contributed by atoms with Crippen molar-refractivity contribution in [2.45, 2.75) is 33.7 Å². The molecule has 0 spiro atoms. The number of hydrogen-bond acceptors (Lipinski definition) is 2. The Kier molecular flexibility index (Phi) is 4.33. The Labute approximate surface area is 115 Å². The summed E-state index contributed by atoms with van der Waals surface area (Å²) in [6.45, 7) is 9.46. The first-order valence-corrected chi connectivity index (χ1v) is 6.85. The quantitative estimate of drug-likeness (QED) is 0.899. The van der Waals surface area contributed by atoms with Crippen molar-refractivity contribution in [3.63, 3.8) is 0 Å². The smallest absolute Gasteiger partial charge is 0.0594 e. The van der Waals surface area contributed by atoms with Crippen LogP contribution in [0.3, 0.4) is 0 Å². The molecule has 0 radical (unpaired) electrons. The Morgan fingerprint density at radius 3 is 2.53 bits per heavy atom. The van der Waals surface area contributed by atoms with E-state index in [0.29, 0.717) is 0 Å². The van der Waals surface area contributed by atoms with E-state index in [2.05, 4.69) is 62.3 Å². The summed E-state index contributed by atoms with van der Waals surface area (Å²) in [6, 6.07) is 11.1. The molecule has 2 nitrogen and oxygen atoms in total. The van der Waals surface area contributed by atoms with Crippen molar-refractivity contribution in [2.75, 3.05) is 6.54 Å². The molecule has 1 heterocycles. The van der Waals surface area contributed by atoms with E-state index in [4.69, 9.17) is 0 Å². The van der Waals surface area contributed by atoms with Gasteiger partial charge < -0.3 is 5.32 Å². The first-order valence-electron chi connectivity index (χ1n) is 6.85. The highest BCUT2D eigenvalue weighted by Crippen LogP contribution is 2.25. The van der Waals surface area contributed by atoms with Crippen LogP contribution in [0.2, 0.25) is 0 Å². The van der Waals surface area contributed by atoms with Crippen molar-refractivity contribution in [1.29, 1.82) is 0 Å². The summed E-state index contributed by atoms with van der Waals surface area (Å²) in [4.78, 5) is 4.41. The highest BCUT2D eigenvalue weighted by atomic mass is 14.9. The second kappa shape index (κ2) is 5.98. The highest BCUT2D eigenvalue weighted by molar-refractivity contribution is 5.38. The van der Waals surface area contributed by atoms with Gasteiger partial charge in [0.25, 0.3) is 0 Å². The average Bonchev–Trinajstić information content (AvgIpc) is 2.40. The SMILES string of the molecule is CCNC(c1ccc(C)c(C)c1)c1cccnc1C. The van der Waals surface area contributed by atoms with Gasteiger partial charge >= 0.3 is 0 Å². The number of aromatic nitrogens is 1. The third-order valence-electron chi connectivity index (χ3n) is 3.63. The predicted octanol–water partition coefficient (Wildman–Crippen LogP) is 3.71. The lowest BCUT2D eigenvalue weighted by atomic mass is 9.95. The van der Waals surface area contributed by atoms with Crippen LogP contribution in [0.25, 0.3) is 0 Å². The maximum absolute atomic E-state index is 4.41. The van der Waals surface area contributed by atoms with E-state index < -0.39 is 0 Å². The fourth-order valence-electron chi connectivity index (χ4n) is 2.36. The van der Waals surface area contributed by atoms with Crippen molar-refractivity contribution in [3.05, 3.63) is 64.5 Å². The van der Waals surface area contributed by atoms with Gasteiger partial charge in [-0.15, -0.1) is 0 Å². The van der Waals surface area contributed by atoms with Crippen LogP contribution < -0.4 is 5.32 Å². The standard InChI is InChI=1S/C17H22N2/c1-5-18-17(16-7-6-10-19-14(16)4)15-9-8-12(2)13(3)11-15/h6-11,17-18H,5H2,1-4H3. The van der Waals surface area contributed by atoms with E-state index in [0.717, 1.165) is 12.2 Å². The fourth-order valence-corrected chi connectivity index (χ4v) is 2.36. The van der Waals surface area contributed by atoms with Gasteiger partial charge in [0.2, 0.25) is 0 Å². The van der Waals surface area contributed by atoms with E-state index in [9.17, 15) is 0 Å². The molecule has 0 aliphatic rings. The molecule has 0 saturated carbocycles. The largest absolute Gasteiger partial charge is 0.306 e. The van der Waals surface area contributed by atoms with Gasteiger partial charge in [0.15, 0.2) is 0 Å². The van der Waals surface area contributed by atoms with Crippen molar-refractivity contribution >= 4 is 0 Å². The second-order valence-corrected chi connectivity index (χ2v) is 5.01. The minimum atomic E-state index is 0.220. The molecule has 0 aliphatic carbocycles. The molecule has 0 bridgehead atoms. The minimum absolute atomic E-state index is 0.220. The minimum Gasteiger partial charge on any atom is -0.306 e. The number of pyridine rings is 1. The molecule has 1 atom stereocenters. The van der Waals surface area contributed by atoms with Gasteiger partial charge in [0, 0.05) is 11.9 Å². The van der Waals surface area contributed by atoms with Crippen LogP contribution >= 0.6 is 0 Å². The molecule has 1 unspecified atom stereocenters. The predicted molar refractivity (Wildman–Crippen MR) is 80.4 cm³/mol. The number of aryl methyl sites for hydroxylation is 3. The van der Waals surface area contributed by atoms with Crippen LogP contribution in [0.15, 0.2) is 36.5 Å². The lowest BCUT2D eigenvalue weighted by molar-refractivity contribution is 0.624. The molecule has 2 rings (SSSR count). The number of hydrogen-bond donors (Lipinski definition) is 1. The lowest BCUT2D eigenvalue weighted by Crippen LogP contribution is -2.23. The van der Waals surface area contributed by atoms with Gasteiger partial charge in [0.05, 0.1) is 6.04 Å². The number of nitrogens with zero attached hydrogens (tertiary/aromatic N) is 1. The van der Waals surface area contributed by atoms with E-state index in [1.54, 1.807) is 0 Å². The summed E-state index contributed by atoms with van der Waals surface area (Å²) in [7, 11) is 0. The van der Waals surface area contributed by atoms with Crippen LogP contribution in [-0.2, 0) is 0 Å². The van der Waals surface area contributed by atoms with Crippen LogP contribution in [0.4, 0.5) is 0 Å². The van der Waals surface area contributed by atoms with Gasteiger partial charge in [-0.3, -0.25) is 4.98 Å². The zero-order valence-corrected chi connectivity index (χ0v) is 12.2. The molecule has 0 amide bonds. The maximum atomic E-state index is 4.41. The van der Waals surface area contributed by atoms with Crippen LogP contribution in [-0.4, -0.2) is 11.5 Å². The average molecular weight is 254 g/mol. The molecule has 0 fully saturated rings. The molecule has 1 N–H and O–H groups in total. The van der Waals surface area contributed by atoms with E-state index >= 15 is 0 Å². The van der Waals surface area contributed by atoms with Crippen LogP contribution in [0.1, 0.15) is 40.9 Å². The highest BCUT2D eigenvalue weighted by Gasteiger charge is 2.15. The van der Waals surface area contributed by atoms with E-state index in [1.165, 1.54) is 22.3 Å². The Morgan fingerprint density at radius 1 is 1.11 bits per heavy atom. The third-order valence-corrected chi connectivity index (χ3v) is 3.63. The Balaban J connectivity index is 2.45. The van der Waals surface area contributed by atoms with E-state index in [-0.39, 0.29) is 6.04 Å². The molecule has 1 aromatic carbocycles. The maximum Gasteiger partial charge on any atom is 0.0594 e. The van der Waals surface area contributed by atoms with E-state index in [1.807, 2.05) is 12.3 Å². The summed E-state index contributed by atoms with van der Waals surface area (Å²) < 4.78 is 0. The topological polar surface area (TPSA) is 24.9 Å². The fraction of sp³-hybridized carbons (Fsp3) is 0.353. The molecule has 0 saturated heterocycles. The lowest BCUT2D eigenvalue weighted by Gasteiger charge is -2.21. The molecule has 19 heavy (non-hydrogen) atoms. The zero-order valence-electron chi connectivity index (χ0n) is 12.2. The molecule has 1 aromatic heterocycles. The molecule has 2 heteroatoms. The first-order chi connectivity index (χ1) is 9.13. The van der Waals surface area contributed by atoms with Gasteiger partial charge in [-0.05, 0) is 55.6 Å². The summed E-state index contributed by atoms with van der Waals surface area (Å²) in [5.41, 5.74) is 6.32. The molecular formula is C17H22N2. The Morgan fingerprint density at radius 2 is 1.89 bits per heavy atom. The van der Waals surface area contributed by atoms with Crippen LogP contribution in [0, 0.1) is 20.8 Å². The van der Waals surface area contributed by atoms with Gasteiger partial charge in [0.1, 0.15) is 0 Å². The van der Waals surface area contributed by atoms with Crippen molar-refractivity contribution < 1.29 is 0 Å². The second-order valence-electron chi connectivity index (χ2n) is 5.01. The summed E-state index contributed by atoms with van der Waals surface area (Å²) in [5, 5.41) is 3.56. The van der Waals surface area contributed by atoms with Gasteiger partial charge in [-0.2, -0.15) is 0 Å². The molecule has 0 aliphatic heterocycles. The molecular weight excluding hydrogens is 232 g/mol. The third kappa shape index (κ3) is 3.02. The number of nitrogens with one attached hydrogen (secondary N) is 1. The van der Waals surface area contributed by atoms with Crippen molar-refractivity contribution in [2.24, 2.45) is 0 Å². The Hall–Kier alpha value is -1.67. The number of benzene rings is 1. The van der Waals surface area contributed by atoms with Crippen molar-refractivity contribution in [1.82, 2.24) is 10.3 Å².